The summed E-state index contributed by atoms with van der Waals surface area (Å²) >= 11 is 0. The number of rotatable bonds is 3. The molecule has 7 heteroatoms. The maximum absolute atomic E-state index is 13.4. The number of H-pyrrole nitrogens is 1. The van der Waals surface area contributed by atoms with Gasteiger partial charge in [0.2, 0.25) is 6.41 Å². The van der Waals surface area contributed by atoms with Crippen LogP contribution < -0.4 is 5.32 Å². The molecule has 0 bridgehead atoms. The van der Waals surface area contributed by atoms with E-state index < -0.39 is 11.0 Å². The van der Waals surface area contributed by atoms with Crippen molar-refractivity contribution in [1.82, 2.24) is 14.6 Å². The Kier molecular flexibility index (Phi) is 5.96. The zero-order valence-corrected chi connectivity index (χ0v) is 17.1. The summed E-state index contributed by atoms with van der Waals surface area (Å²) in [6.07, 6.45) is 2.53. The number of carbonyl (C=O) groups excluding carboxylic acids is 1. The Labute approximate surface area is 166 Å². The first-order valence-corrected chi connectivity index (χ1v) is 10.2. The number of amides is 1. The molecule has 1 aliphatic rings. The number of aromatic nitrogens is 1. The monoisotopic (exact) mass is 401 g/mol. The highest BCUT2D eigenvalue weighted by atomic mass is 32.2. The largest absolute Gasteiger partial charge is 0.362 e. The van der Waals surface area contributed by atoms with Crippen molar-refractivity contribution in [1.29, 1.82) is 0 Å². The summed E-state index contributed by atoms with van der Waals surface area (Å²) in [4.78, 5) is 13.1. The van der Waals surface area contributed by atoms with Crippen molar-refractivity contribution in [3.05, 3.63) is 54.0 Å². The van der Waals surface area contributed by atoms with Gasteiger partial charge in [-0.1, -0.05) is 6.07 Å². The average molecular weight is 402 g/mol. The van der Waals surface area contributed by atoms with Crippen LogP contribution in [0.4, 0.5) is 4.39 Å². The number of benzene rings is 2. The molecule has 1 amide bonds. The number of hydrogen-bond acceptors (Lipinski definition) is 2. The van der Waals surface area contributed by atoms with Crippen molar-refractivity contribution in [3.8, 4) is 11.1 Å². The van der Waals surface area contributed by atoms with Crippen LogP contribution in [0.5, 0.6) is 0 Å². The average Bonchev–Trinajstić information content (AvgIpc) is 3.20. The van der Waals surface area contributed by atoms with Crippen LogP contribution in [0.3, 0.4) is 0 Å². The summed E-state index contributed by atoms with van der Waals surface area (Å²) in [5.74, 6) is -0.249. The van der Waals surface area contributed by atoms with Crippen LogP contribution in [-0.4, -0.2) is 33.0 Å². The van der Waals surface area contributed by atoms with E-state index >= 15 is 0 Å². The van der Waals surface area contributed by atoms with Gasteiger partial charge < -0.3 is 10.3 Å². The van der Waals surface area contributed by atoms with Crippen LogP contribution in [0.15, 0.2) is 47.5 Å². The van der Waals surface area contributed by atoms with Gasteiger partial charge >= 0.3 is 0 Å². The van der Waals surface area contributed by atoms with Crippen LogP contribution in [0, 0.1) is 5.82 Å². The van der Waals surface area contributed by atoms with Crippen LogP contribution in [0.2, 0.25) is 0 Å². The minimum Gasteiger partial charge on any atom is -0.362 e. The van der Waals surface area contributed by atoms with Gasteiger partial charge in [0.25, 0.3) is 0 Å². The second kappa shape index (κ2) is 8.24. The van der Waals surface area contributed by atoms with Crippen LogP contribution >= 0.6 is 0 Å². The van der Waals surface area contributed by atoms with Crippen LogP contribution in [-0.2, 0) is 15.8 Å². The summed E-state index contributed by atoms with van der Waals surface area (Å²) < 4.78 is 28.1. The summed E-state index contributed by atoms with van der Waals surface area (Å²) in [6, 6.07) is 11.2. The topological polar surface area (TPSA) is 65.2 Å². The second-order valence-corrected chi connectivity index (χ2v) is 8.29. The van der Waals surface area contributed by atoms with Gasteiger partial charge in [0.05, 0.1) is 4.90 Å². The van der Waals surface area contributed by atoms with E-state index in [-0.39, 0.29) is 17.9 Å². The van der Waals surface area contributed by atoms with E-state index in [4.69, 9.17) is 4.79 Å². The minimum absolute atomic E-state index is 0.114. The van der Waals surface area contributed by atoms with Crippen LogP contribution in [0.25, 0.3) is 22.0 Å². The van der Waals surface area contributed by atoms with Crippen molar-refractivity contribution < 1.29 is 13.4 Å². The van der Waals surface area contributed by atoms with E-state index in [0.29, 0.717) is 6.41 Å². The predicted molar refractivity (Wildman–Crippen MR) is 111 cm³/mol. The third-order valence-electron chi connectivity index (χ3n) is 4.80. The Balaban J connectivity index is 0.000000516. The molecule has 2 aromatic carbocycles. The minimum atomic E-state index is -1.11. The van der Waals surface area contributed by atoms with E-state index in [0.717, 1.165) is 32.5 Å². The molecule has 2 unspecified atom stereocenters. The Bertz CT molecular complexity index is 1030. The van der Waals surface area contributed by atoms with E-state index in [1.807, 2.05) is 22.6 Å². The molecule has 2 atom stereocenters. The maximum Gasteiger partial charge on any atom is 0.206 e. The predicted octanol–water partition coefficient (Wildman–Crippen LogP) is 4.14. The number of nitrogens with zero attached hydrogens (tertiary/aromatic N) is 1. The van der Waals surface area contributed by atoms with Gasteiger partial charge in [-0.15, -0.1) is 0 Å². The maximum atomic E-state index is 13.4. The van der Waals surface area contributed by atoms with Gasteiger partial charge in [-0.2, -0.15) is 0 Å². The summed E-state index contributed by atoms with van der Waals surface area (Å²) in [5, 5.41) is 3.24. The highest BCUT2D eigenvalue weighted by Crippen LogP contribution is 2.41. The zero-order chi connectivity index (χ0) is 20.4. The van der Waals surface area contributed by atoms with Crippen molar-refractivity contribution >= 4 is 28.3 Å². The number of nitrogens with one attached hydrogen (secondary N) is 2. The molecule has 0 spiro atoms. The molecule has 1 aliphatic heterocycles. The normalized spacial score (nSPS) is 18.6. The van der Waals surface area contributed by atoms with E-state index in [9.17, 15) is 8.60 Å². The molecule has 1 aromatic heterocycles. The van der Waals surface area contributed by atoms with Gasteiger partial charge in [-0.25, -0.2) is 12.9 Å². The Hall–Kier alpha value is -2.51. The fraction of sp³-hybridized carbons (Fsp3) is 0.286. The van der Waals surface area contributed by atoms with Crippen molar-refractivity contribution in [2.45, 2.75) is 37.8 Å². The van der Waals surface area contributed by atoms with Gasteiger partial charge in [0.1, 0.15) is 16.8 Å². The molecule has 28 heavy (non-hydrogen) atoms. The number of fused-ring (bicyclic) bond motifs is 2. The van der Waals surface area contributed by atoms with Crippen LogP contribution in [0.1, 0.15) is 32.4 Å². The number of carbonyl (C=O) groups is 1. The molecular weight excluding hydrogens is 377 g/mol. The molecule has 0 saturated carbocycles. The lowest BCUT2D eigenvalue weighted by Crippen LogP contribution is -2.29. The zero-order valence-electron chi connectivity index (χ0n) is 16.3. The quantitative estimate of drug-likeness (QED) is 0.648. The molecule has 0 saturated heterocycles. The lowest BCUT2D eigenvalue weighted by Gasteiger charge is -2.23. The van der Waals surface area contributed by atoms with Gasteiger partial charge in [-0.3, -0.25) is 4.79 Å². The molecule has 0 radical (unpaired) electrons. The number of hydrogen-bond donors (Lipinski definition) is 2. The third kappa shape index (κ3) is 3.59. The molecule has 2 heterocycles. The highest BCUT2D eigenvalue weighted by molar-refractivity contribution is 7.83. The first kappa shape index (κ1) is 20.2. The van der Waals surface area contributed by atoms with Crippen molar-refractivity contribution in [2.24, 2.45) is 0 Å². The van der Waals surface area contributed by atoms with Gasteiger partial charge in [0, 0.05) is 41.8 Å². The molecule has 4 rings (SSSR count). The standard InChI is InChI=1S/C19H19FN2OS.C2H5NO/c1-11(2)22-12(3)16-8-13(4-7-19(16)24(22)23)17-10-21-18-9-14(20)5-6-15(17)18;1-3-2-4/h4-12,21H,1-3H3;2H,1H3,(H,3,4). The van der Waals surface area contributed by atoms with Gasteiger partial charge in [-0.05, 0) is 62.2 Å². The first-order valence-electron chi connectivity index (χ1n) is 9.11. The second-order valence-electron chi connectivity index (χ2n) is 6.93. The lowest BCUT2D eigenvalue weighted by atomic mass is 9.99. The molecular formula is C21H24FN3O2S. The summed E-state index contributed by atoms with van der Waals surface area (Å²) in [7, 11) is 0.457. The number of halogens is 1. The fourth-order valence-corrected chi connectivity index (χ4v) is 5.20. The highest BCUT2D eigenvalue weighted by Gasteiger charge is 2.35. The van der Waals surface area contributed by atoms with Gasteiger partial charge in [0.15, 0.2) is 0 Å². The molecule has 3 aromatic rings. The number of aromatic amines is 1. The smallest absolute Gasteiger partial charge is 0.206 e. The molecule has 148 valence electrons. The Morgan fingerprint density at radius 2 is 1.96 bits per heavy atom. The molecule has 2 N–H and O–H groups in total. The SMILES string of the molecule is CC(C)N1C(C)c2cc(-c3c[nH]c4cc(F)ccc34)ccc2S1=O.CNC=O. The first-order chi connectivity index (χ1) is 13.4. The van der Waals surface area contributed by atoms with E-state index in [2.05, 4.69) is 37.1 Å². The molecule has 0 fully saturated rings. The van der Waals surface area contributed by atoms with Crippen molar-refractivity contribution in [3.63, 3.8) is 0 Å². The Morgan fingerprint density at radius 1 is 1.25 bits per heavy atom. The van der Waals surface area contributed by atoms with E-state index in [1.54, 1.807) is 13.1 Å². The fourth-order valence-electron chi connectivity index (χ4n) is 3.57. The summed E-state index contributed by atoms with van der Waals surface area (Å²) in [6.45, 7) is 6.23. The molecule has 0 aliphatic carbocycles. The molecule has 5 nitrogen and oxygen atoms in total. The summed E-state index contributed by atoms with van der Waals surface area (Å²) in [5.41, 5.74) is 3.98. The third-order valence-corrected chi connectivity index (χ3v) is 6.67. The Morgan fingerprint density at radius 3 is 2.61 bits per heavy atom. The lowest BCUT2D eigenvalue weighted by molar-refractivity contribution is -0.109. The van der Waals surface area contributed by atoms with E-state index in [1.165, 1.54) is 12.1 Å². The van der Waals surface area contributed by atoms with Crippen molar-refractivity contribution in [2.75, 3.05) is 7.05 Å².